The van der Waals surface area contributed by atoms with Crippen molar-refractivity contribution in [2.75, 3.05) is 27.2 Å². The highest BCUT2D eigenvalue weighted by atomic mass is 16.5. The average molecular weight is 295 g/mol. The first-order chi connectivity index (χ1) is 9.81. The van der Waals surface area contributed by atoms with Crippen LogP contribution in [-0.4, -0.2) is 60.7 Å². The van der Waals surface area contributed by atoms with Crippen LogP contribution in [0.3, 0.4) is 0 Å². The van der Waals surface area contributed by atoms with Gasteiger partial charge in [-0.15, -0.1) is 0 Å². The van der Waals surface area contributed by atoms with Crippen LogP contribution in [0, 0.1) is 0 Å². The predicted molar refractivity (Wildman–Crippen MR) is 72.8 cm³/mol. The minimum Gasteiger partial charge on any atom is -0.451 e. The molecular formula is C13H17N3O5. The summed E-state index contributed by atoms with van der Waals surface area (Å²) in [5.74, 6) is -1.80. The molecule has 0 atom stereocenters. The third-order valence-electron chi connectivity index (χ3n) is 2.58. The second-order valence-electron chi connectivity index (χ2n) is 4.50. The lowest BCUT2D eigenvalue weighted by Gasteiger charge is -2.10. The van der Waals surface area contributed by atoms with Gasteiger partial charge in [0.2, 0.25) is 5.91 Å². The van der Waals surface area contributed by atoms with Gasteiger partial charge in [0.15, 0.2) is 12.4 Å². The third kappa shape index (κ3) is 5.09. The lowest BCUT2D eigenvalue weighted by atomic mass is 10.2. The second kappa shape index (κ2) is 7.22. The van der Waals surface area contributed by atoms with Gasteiger partial charge < -0.3 is 19.9 Å². The predicted octanol–water partition coefficient (Wildman–Crippen LogP) is -0.421. The molecular weight excluding hydrogens is 278 g/mol. The van der Waals surface area contributed by atoms with E-state index >= 15 is 0 Å². The molecule has 0 bridgehead atoms. The number of hydrogen-bond donors (Lipinski definition) is 2. The van der Waals surface area contributed by atoms with Crippen LogP contribution in [0.15, 0.2) is 12.3 Å². The summed E-state index contributed by atoms with van der Waals surface area (Å²) in [6.45, 7) is 0.696. The Bertz CT molecular complexity index is 562. The van der Waals surface area contributed by atoms with Crippen LogP contribution in [0.5, 0.6) is 0 Å². The molecule has 0 aliphatic carbocycles. The number of hydrogen-bond acceptors (Lipinski definition) is 5. The van der Waals surface area contributed by atoms with Gasteiger partial charge in [-0.1, -0.05) is 0 Å². The lowest BCUT2D eigenvalue weighted by molar-refractivity contribution is -0.131. The topological polar surface area (TPSA) is 109 Å². The number of carbonyl (C=O) groups is 4. The molecule has 0 spiro atoms. The highest BCUT2D eigenvalue weighted by molar-refractivity contribution is 5.97. The minimum absolute atomic E-state index is 0.0809. The summed E-state index contributed by atoms with van der Waals surface area (Å²) in [5, 5.41) is 2.32. The van der Waals surface area contributed by atoms with Crippen LogP contribution in [0.4, 0.5) is 0 Å². The van der Waals surface area contributed by atoms with E-state index in [0.29, 0.717) is 5.56 Å². The van der Waals surface area contributed by atoms with Crippen molar-refractivity contribution in [3.05, 3.63) is 23.5 Å². The van der Waals surface area contributed by atoms with Crippen LogP contribution in [0.1, 0.15) is 27.8 Å². The fraction of sp³-hybridized carbons (Fsp3) is 0.385. The molecule has 0 fully saturated rings. The molecule has 8 nitrogen and oxygen atoms in total. The Morgan fingerprint density at radius 3 is 2.48 bits per heavy atom. The van der Waals surface area contributed by atoms with Gasteiger partial charge in [0.05, 0.1) is 6.54 Å². The van der Waals surface area contributed by atoms with E-state index in [-0.39, 0.29) is 23.9 Å². The van der Waals surface area contributed by atoms with Crippen molar-refractivity contribution in [1.29, 1.82) is 0 Å². The van der Waals surface area contributed by atoms with Gasteiger partial charge in [0, 0.05) is 25.9 Å². The number of nitrogens with one attached hydrogen (secondary N) is 2. The summed E-state index contributed by atoms with van der Waals surface area (Å²) in [6, 6.07) is 1.35. The molecule has 0 aliphatic rings. The summed E-state index contributed by atoms with van der Waals surface area (Å²) in [5.41, 5.74) is 0.431. The molecule has 1 aromatic heterocycles. The zero-order valence-corrected chi connectivity index (χ0v) is 12.1. The van der Waals surface area contributed by atoms with Crippen molar-refractivity contribution < 1.29 is 23.9 Å². The fourth-order valence-corrected chi connectivity index (χ4v) is 1.31. The molecule has 1 aromatic rings. The summed E-state index contributed by atoms with van der Waals surface area (Å²) in [7, 11) is 3.12. The van der Waals surface area contributed by atoms with E-state index in [9.17, 15) is 19.2 Å². The normalized spacial score (nSPS) is 9.86. The van der Waals surface area contributed by atoms with Gasteiger partial charge in [-0.05, 0) is 13.0 Å². The van der Waals surface area contributed by atoms with Crippen molar-refractivity contribution >= 4 is 23.6 Å². The standard InChI is InChI=1S/C13H17N3O5/c1-8(17)9-4-10(14-5-9)13(20)21-7-11(18)15-6-12(19)16(2)3/h4-5,14H,6-7H2,1-3H3,(H,15,18). The molecule has 2 N–H and O–H groups in total. The van der Waals surface area contributed by atoms with E-state index in [4.69, 9.17) is 4.74 Å². The molecule has 0 aromatic carbocycles. The monoisotopic (exact) mass is 295 g/mol. The molecule has 21 heavy (non-hydrogen) atoms. The van der Waals surface area contributed by atoms with Crippen LogP contribution in [0.2, 0.25) is 0 Å². The fourth-order valence-electron chi connectivity index (χ4n) is 1.31. The average Bonchev–Trinajstić information content (AvgIpc) is 2.91. The first-order valence-electron chi connectivity index (χ1n) is 6.14. The number of carbonyl (C=O) groups excluding carboxylic acids is 4. The molecule has 0 unspecified atom stereocenters. The van der Waals surface area contributed by atoms with E-state index in [0.717, 1.165) is 0 Å². The van der Waals surface area contributed by atoms with E-state index in [2.05, 4.69) is 10.3 Å². The molecule has 2 amide bonds. The summed E-state index contributed by atoms with van der Waals surface area (Å²) in [6.07, 6.45) is 1.38. The summed E-state index contributed by atoms with van der Waals surface area (Å²) < 4.78 is 4.76. The van der Waals surface area contributed by atoms with Gasteiger partial charge in [-0.3, -0.25) is 14.4 Å². The molecule has 114 valence electrons. The van der Waals surface area contributed by atoms with Gasteiger partial charge >= 0.3 is 5.97 Å². The highest BCUT2D eigenvalue weighted by Crippen LogP contribution is 2.05. The van der Waals surface area contributed by atoms with E-state index in [1.165, 1.54) is 24.1 Å². The Labute approximate surface area is 121 Å². The number of H-pyrrole nitrogens is 1. The van der Waals surface area contributed by atoms with Gasteiger partial charge in [0.25, 0.3) is 5.91 Å². The lowest BCUT2D eigenvalue weighted by Crippen LogP contribution is -2.38. The first-order valence-corrected chi connectivity index (χ1v) is 6.14. The van der Waals surface area contributed by atoms with E-state index in [1.807, 2.05) is 0 Å². The smallest absolute Gasteiger partial charge is 0.355 e. The van der Waals surface area contributed by atoms with Crippen LogP contribution in [0.25, 0.3) is 0 Å². The van der Waals surface area contributed by atoms with Crippen LogP contribution in [-0.2, 0) is 14.3 Å². The number of likely N-dealkylation sites (N-methyl/N-ethyl adjacent to an activating group) is 1. The molecule has 0 radical (unpaired) electrons. The number of esters is 1. The zero-order chi connectivity index (χ0) is 16.0. The van der Waals surface area contributed by atoms with Gasteiger partial charge in [-0.25, -0.2) is 4.79 Å². The van der Waals surface area contributed by atoms with E-state index in [1.54, 1.807) is 14.1 Å². The summed E-state index contributed by atoms with van der Waals surface area (Å²) >= 11 is 0. The van der Waals surface area contributed by atoms with Crippen molar-refractivity contribution in [3.8, 4) is 0 Å². The number of aromatic amines is 1. The van der Waals surface area contributed by atoms with Crippen LogP contribution < -0.4 is 5.32 Å². The maximum atomic E-state index is 11.6. The molecule has 0 aliphatic heterocycles. The maximum Gasteiger partial charge on any atom is 0.355 e. The minimum atomic E-state index is -0.753. The van der Waals surface area contributed by atoms with Gasteiger partial charge in [0.1, 0.15) is 5.69 Å². The molecule has 0 saturated heterocycles. The Balaban J connectivity index is 2.40. The number of rotatable bonds is 6. The van der Waals surface area contributed by atoms with Gasteiger partial charge in [-0.2, -0.15) is 0 Å². The number of aromatic nitrogens is 1. The van der Waals surface area contributed by atoms with Crippen molar-refractivity contribution in [2.45, 2.75) is 6.92 Å². The van der Waals surface area contributed by atoms with Crippen molar-refractivity contribution in [1.82, 2.24) is 15.2 Å². The SMILES string of the molecule is CC(=O)c1c[nH]c(C(=O)OCC(=O)NCC(=O)N(C)C)c1. The van der Waals surface area contributed by atoms with Crippen LogP contribution >= 0.6 is 0 Å². The molecule has 1 heterocycles. The number of Topliss-reactive ketones (excluding diaryl/α,β-unsaturated/α-hetero) is 1. The Hall–Kier alpha value is -2.64. The number of ketones is 1. The number of ether oxygens (including phenoxy) is 1. The molecule has 0 saturated carbocycles. The van der Waals surface area contributed by atoms with E-state index < -0.39 is 18.5 Å². The first kappa shape index (κ1) is 16.4. The Kier molecular flexibility index (Phi) is 5.65. The zero-order valence-electron chi connectivity index (χ0n) is 12.1. The third-order valence-corrected chi connectivity index (χ3v) is 2.58. The molecule has 8 heteroatoms. The Morgan fingerprint density at radius 2 is 1.95 bits per heavy atom. The maximum absolute atomic E-state index is 11.6. The highest BCUT2D eigenvalue weighted by Gasteiger charge is 2.14. The van der Waals surface area contributed by atoms with Crippen molar-refractivity contribution in [3.63, 3.8) is 0 Å². The second-order valence-corrected chi connectivity index (χ2v) is 4.50. The quantitative estimate of drug-likeness (QED) is 0.547. The molecule has 1 rings (SSSR count). The van der Waals surface area contributed by atoms with Crippen molar-refractivity contribution in [2.24, 2.45) is 0 Å². The number of nitrogens with zero attached hydrogens (tertiary/aromatic N) is 1. The summed E-state index contributed by atoms with van der Waals surface area (Å²) in [4.78, 5) is 49.2. The Morgan fingerprint density at radius 1 is 1.29 bits per heavy atom. The number of amides is 2. The largest absolute Gasteiger partial charge is 0.451 e.